The first-order valence-corrected chi connectivity index (χ1v) is 9.80. The molecule has 0 unspecified atom stereocenters. The first-order valence-electron chi connectivity index (χ1n) is 8.32. The molecule has 2 aromatic carbocycles. The van der Waals surface area contributed by atoms with Crippen LogP contribution in [0.1, 0.15) is 37.3 Å². The Labute approximate surface area is 149 Å². The highest BCUT2D eigenvalue weighted by Gasteiger charge is 2.20. The molecule has 5 nitrogen and oxygen atoms in total. The van der Waals surface area contributed by atoms with E-state index in [0.717, 1.165) is 24.0 Å². The van der Waals surface area contributed by atoms with Crippen molar-refractivity contribution in [2.75, 3.05) is 6.54 Å². The summed E-state index contributed by atoms with van der Waals surface area (Å²) in [5, 5.41) is 2.60. The van der Waals surface area contributed by atoms with Gasteiger partial charge in [-0.25, -0.2) is 13.2 Å². The minimum absolute atomic E-state index is 0.0440. The molecular formula is C19H24N2O3S. The number of carbonyl (C=O) groups excluding carboxylic acids is 1. The Morgan fingerprint density at radius 3 is 2.40 bits per heavy atom. The van der Waals surface area contributed by atoms with Gasteiger partial charge in [0.2, 0.25) is 9.84 Å². The Morgan fingerprint density at radius 1 is 1.12 bits per heavy atom. The van der Waals surface area contributed by atoms with E-state index < -0.39 is 15.9 Å². The molecule has 0 aromatic heterocycles. The highest BCUT2D eigenvalue weighted by Crippen LogP contribution is 2.27. The molecule has 25 heavy (non-hydrogen) atoms. The van der Waals surface area contributed by atoms with Crippen LogP contribution in [0.2, 0.25) is 0 Å². The third-order valence-corrected chi connectivity index (χ3v) is 5.88. The Hall–Kier alpha value is -2.34. The summed E-state index contributed by atoms with van der Waals surface area (Å²) in [7, 11) is -3.54. The van der Waals surface area contributed by atoms with Crippen LogP contribution in [0, 0.1) is 0 Å². The van der Waals surface area contributed by atoms with Gasteiger partial charge in [0.05, 0.1) is 9.79 Å². The van der Waals surface area contributed by atoms with Crippen molar-refractivity contribution < 1.29 is 13.2 Å². The van der Waals surface area contributed by atoms with Crippen molar-refractivity contribution in [3.05, 3.63) is 59.7 Å². The molecule has 0 bridgehead atoms. The summed E-state index contributed by atoms with van der Waals surface area (Å²) in [6, 6.07) is 13.1. The second-order valence-corrected chi connectivity index (χ2v) is 8.02. The van der Waals surface area contributed by atoms with E-state index in [2.05, 4.69) is 12.2 Å². The minimum atomic E-state index is -3.54. The van der Waals surface area contributed by atoms with Crippen molar-refractivity contribution in [3.8, 4) is 0 Å². The first-order chi connectivity index (χ1) is 11.9. The summed E-state index contributed by atoms with van der Waals surface area (Å²) in [6.45, 7) is 4.45. The Bertz CT molecular complexity index is 833. The second-order valence-electron chi connectivity index (χ2n) is 6.07. The zero-order valence-electron chi connectivity index (χ0n) is 14.5. The molecule has 3 N–H and O–H groups in total. The van der Waals surface area contributed by atoms with E-state index in [4.69, 9.17) is 5.73 Å². The van der Waals surface area contributed by atoms with Crippen LogP contribution in [0.4, 0.5) is 4.79 Å². The molecule has 0 aliphatic rings. The molecule has 2 amide bonds. The maximum Gasteiger partial charge on any atom is 0.312 e. The van der Waals surface area contributed by atoms with Crippen LogP contribution in [0.25, 0.3) is 0 Å². The van der Waals surface area contributed by atoms with Crippen LogP contribution >= 0.6 is 0 Å². The number of nitrogens with one attached hydrogen (secondary N) is 1. The number of aryl methyl sites for hydroxylation is 1. The maximum absolute atomic E-state index is 12.8. The molecule has 0 spiro atoms. The van der Waals surface area contributed by atoms with Crippen molar-refractivity contribution in [3.63, 3.8) is 0 Å². The summed E-state index contributed by atoms with van der Waals surface area (Å²) < 4.78 is 25.6. The monoisotopic (exact) mass is 360 g/mol. The van der Waals surface area contributed by atoms with Gasteiger partial charge < -0.3 is 11.1 Å². The van der Waals surface area contributed by atoms with Crippen LogP contribution in [0.5, 0.6) is 0 Å². The van der Waals surface area contributed by atoms with Crippen molar-refractivity contribution in [1.82, 2.24) is 5.32 Å². The number of urea groups is 1. The van der Waals surface area contributed by atoms with Crippen LogP contribution in [0.15, 0.2) is 58.3 Å². The van der Waals surface area contributed by atoms with E-state index in [0.29, 0.717) is 11.4 Å². The fourth-order valence-corrected chi connectivity index (χ4v) is 4.15. The smallest absolute Gasteiger partial charge is 0.312 e. The molecule has 2 rings (SSSR count). The van der Waals surface area contributed by atoms with Crippen molar-refractivity contribution in [2.45, 2.75) is 42.4 Å². The van der Waals surface area contributed by atoms with Crippen molar-refractivity contribution in [1.29, 1.82) is 0 Å². The Morgan fingerprint density at radius 2 is 1.80 bits per heavy atom. The Balaban J connectivity index is 2.40. The van der Waals surface area contributed by atoms with Gasteiger partial charge in [-0.3, -0.25) is 0 Å². The molecule has 0 radical (unpaired) electrons. The van der Waals surface area contributed by atoms with Crippen LogP contribution in [-0.4, -0.2) is 21.0 Å². The molecule has 0 saturated carbocycles. The normalized spacial score (nSPS) is 12.6. The van der Waals surface area contributed by atoms with Gasteiger partial charge in [-0.05, 0) is 47.7 Å². The van der Waals surface area contributed by atoms with Gasteiger partial charge in [0, 0.05) is 6.54 Å². The highest BCUT2D eigenvalue weighted by molar-refractivity contribution is 7.91. The molecular weight excluding hydrogens is 336 g/mol. The molecule has 0 saturated heterocycles. The third kappa shape index (κ3) is 4.60. The minimum Gasteiger partial charge on any atom is -0.352 e. The molecule has 6 heteroatoms. The molecule has 2 aromatic rings. The zero-order chi connectivity index (χ0) is 18.4. The van der Waals surface area contributed by atoms with Crippen LogP contribution in [0.3, 0.4) is 0 Å². The van der Waals surface area contributed by atoms with Crippen molar-refractivity contribution >= 4 is 15.9 Å². The topological polar surface area (TPSA) is 89.3 Å². The van der Waals surface area contributed by atoms with Crippen LogP contribution < -0.4 is 11.1 Å². The summed E-state index contributed by atoms with van der Waals surface area (Å²) >= 11 is 0. The fourth-order valence-electron chi connectivity index (χ4n) is 2.82. The number of primary amides is 1. The Kier molecular flexibility index (Phi) is 6.20. The molecule has 0 fully saturated rings. The summed E-state index contributed by atoms with van der Waals surface area (Å²) in [5.74, 6) is 0.0440. The quantitative estimate of drug-likeness (QED) is 0.794. The van der Waals surface area contributed by atoms with E-state index in [9.17, 15) is 13.2 Å². The number of hydrogen-bond acceptors (Lipinski definition) is 3. The number of carbonyl (C=O) groups is 1. The van der Waals surface area contributed by atoms with E-state index >= 15 is 0 Å². The largest absolute Gasteiger partial charge is 0.352 e. The fraction of sp³-hybridized carbons (Fsp3) is 0.316. The predicted molar refractivity (Wildman–Crippen MR) is 98.3 cm³/mol. The van der Waals surface area contributed by atoms with E-state index in [1.807, 2.05) is 13.0 Å². The predicted octanol–water partition coefficient (Wildman–Crippen LogP) is 3.24. The average molecular weight is 360 g/mol. The van der Waals surface area contributed by atoms with E-state index in [-0.39, 0.29) is 10.8 Å². The molecule has 134 valence electrons. The lowest BCUT2D eigenvalue weighted by molar-refractivity contribution is 0.248. The summed E-state index contributed by atoms with van der Waals surface area (Å²) in [5.41, 5.74) is 7.15. The maximum atomic E-state index is 12.8. The van der Waals surface area contributed by atoms with E-state index in [1.165, 1.54) is 0 Å². The average Bonchev–Trinajstić information content (AvgIpc) is 2.60. The summed E-state index contributed by atoms with van der Waals surface area (Å²) in [6.07, 6.45) is 1.67. The summed E-state index contributed by atoms with van der Waals surface area (Å²) in [4.78, 5) is 11.5. The molecule has 0 heterocycles. The second kappa shape index (κ2) is 8.16. The first kappa shape index (κ1) is 19.0. The number of nitrogens with two attached hydrogens (primary N) is 1. The van der Waals surface area contributed by atoms with Gasteiger partial charge in [0.1, 0.15) is 0 Å². The number of benzene rings is 2. The van der Waals surface area contributed by atoms with Gasteiger partial charge in [0.15, 0.2) is 0 Å². The highest BCUT2D eigenvalue weighted by atomic mass is 32.2. The van der Waals surface area contributed by atoms with E-state index in [1.54, 1.807) is 42.5 Å². The number of rotatable bonds is 7. The van der Waals surface area contributed by atoms with Crippen molar-refractivity contribution in [2.24, 2.45) is 5.73 Å². The standard InChI is InChI=1S/C19H24N2O3S/c1-3-7-15-12-17(25(23,24)16-8-5-4-6-9-16)10-11-18(15)14(2)13-21-19(20)22/h4-6,8-12,14H,3,7,13H2,1-2H3,(H3,20,21,22)/t14-/m0/s1. The SMILES string of the molecule is CCCc1cc(S(=O)(=O)c2ccccc2)ccc1[C@@H](C)CNC(N)=O. The van der Waals surface area contributed by atoms with Gasteiger partial charge in [0.25, 0.3) is 0 Å². The number of hydrogen-bond donors (Lipinski definition) is 2. The lowest BCUT2D eigenvalue weighted by Crippen LogP contribution is -2.32. The lowest BCUT2D eigenvalue weighted by Gasteiger charge is -2.18. The zero-order valence-corrected chi connectivity index (χ0v) is 15.3. The van der Waals surface area contributed by atoms with Gasteiger partial charge in [-0.2, -0.15) is 0 Å². The van der Waals surface area contributed by atoms with Gasteiger partial charge >= 0.3 is 6.03 Å². The number of amides is 2. The van der Waals surface area contributed by atoms with Gasteiger partial charge in [-0.1, -0.05) is 44.5 Å². The number of sulfone groups is 1. The molecule has 0 aliphatic heterocycles. The molecule has 0 aliphatic carbocycles. The lowest BCUT2D eigenvalue weighted by atomic mass is 9.93. The van der Waals surface area contributed by atoms with Crippen LogP contribution in [-0.2, 0) is 16.3 Å². The molecule has 1 atom stereocenters. The third-order valence-electron chi connectivity index (χ3n) is 4.11. The van der Waals surface area contributed by atoms with Gasteiger partial charge in [-0.15, -0.1) is 0 Å².